The molecule has 21 heavy (non-hydrogen) atoms. The molecule has 0 spiro atoms. The zero-order valence-electron chi connectivity index (χ0n) is 12.0. The van der Waals surface area contributed by atoms with Crippen LogP contribution < -0.4 is 5.32 Å². The van der Waals surface area contributed by atoms with Crippen molar-refractivity contribution in [2.24, 2.45) is 11.8 Å². The van der Waals surface area contributed by atoms with Gasteiger partial charge in [0.15, 0.2) is 0 Å². The van der Waals surface area contributed by atoms with Crippen LogP contribution in [-0.4, -0.2) is 28.8 Å². The Hall–Kier alpha value is -1.95. The fraction of sp³-hybridized carbons (Fsp3) is 0.533. The first-order valence-corrected chi connectivity index (χ1v) is 7.33. The normalized spacial score (nSPS) is 23.4. The molecule has 1 aliphatic heterocycles. The van der Waals surface area contributed by atoms with Crippen LogP contribution in [0, 0.1) is 22.0 Å². The molecule has 0 aromatic heterocycles. The maximum Gasteiger partial charge on any atom is 0.269 e. The van der Waals surface area contributed by atoms with Crippen molar-refractivity contribution in [3.05, 3.63) is 39.9 Å². The van der Waals surface area contributed by atoms with Gasteiger partial charge in [-0.05, 0) is 42.4 Å². The number of nitrogens with one attached hydrogen (secondary N) is 1. The van der Waals surface area contributed by atoms with Crippen molar-refractivity contribution in [2.45, 2.75) is 25.9 Å². The third-order valence-corrected chi connectivity index (χ3v) is 4.41. The second kappa shape index (κ2) is 5.44. The van der Waals surface area contributed by atoms with Gasteiger partial charge in [-0.2, -0.15) is 0 Å². The first kappa shape index (κ1) is 14.0. The summed E-state index contributed by atoms with van der Waals surface area (Å²) in [6.07, 6.45) is 2.36. The van der Waals surface area contributed by atoms with Crippen LogP contribution in [0.25, 0.3) is 0 Å². The van der Waals surface area contributed by atoms with Crippen LogP contribution in [0.5, 0.6) is 0 Å². The van der Waals surface area contributed by atoms with Crippen LogP contribution in [0.2, 0.25) is 0 Å². The first-order valence-electron chi connectivity index (χ1n) is 7.33. The molecule has 2 aliphatic rings. The monoisotopic (exact) mass is 289 g/mol. The molecule has 2 atom stereocenters. The molecule has 112 valence electrons. The molecular formula is C15H19N3O3. The van der Waals surface area contributed by atoms with Gasteiger partial charge in [-0.1, -0.05) is 6.92 Å². The average Bonchev–Trinajstić information content (AvgIpc) is 3.26. The second-order valence-corrected chi connectivity index (χ2v) is 5.99. The number of benzene rings is 1. The number of nitrogens with zero attached hydrogens (tertiary/aromatic N) is 2. The smallest absolute Gasteiger partial charge is 0.269 e. The molecule has 1 N–H and O–H groups in total. The molecule has 1 saturated heterocycles. The predicted octanol–water partition coefficient (Wildman–Crippen LogP) is 2.07. The van der Waals surface area contributed by atoms with Crippen LogP contribution in [0.3, 0.4) is 0 Å². The van der Waals surface area contributed by atoms with Gasteiger partial charge in [-0.15, -0.1) is 0 Å². The third kappa shape index (κ3) is 2.90. The van der Waals surface area contributed by atoms with Crippen molar-refractivity contribution in [2.75, 3.05) is 13.1 Å². The van der Waals surface area contributed by atoms with E-state index >= 15 is 0 Å². The van der Waals surface area contributed by atoms with Crippen LogP contribution in [0.1, 0.15) is 31.5 Å². The number of carbonyl (C=O) groups excluding carboxylic acids is 1. The number of amides is 1. The summed E-state index contributed by atoms with van der Waals surface area (Å²) in [7, 11) is 0. The SMILES string of the molecule is CC(CN1C(=O)CNC1c1ccc([N+](=O)[O-])cc1)C1CC1. The topological polar surface area (TPSA) is 75.5 Å². The van der Waals surface area contributed by atoms with Crippen molar-refractivity contribution in [3.8, 4) is 0 Å². The second-order valence-electron chi connectivity index (χ2n) is 5.99. The highest BCUT2D eigenvalue weighted by atomic mass is 16.6. The molecule has 1 aliphatic carbocycles. The van der Waals surface area contributed by atoms with E-state index in [0.717, 1.165) is 18.0 Å². The summed E-state index contributed by atoms with van der Waals surface area (Å²) < 4.78 is 0. The van der Waals surface area contributed by atoms with Gasteiger partial charge < -0.3 is 4.90 Å². The third-order valence-electron chi connectivity index (χ3n) is 4.41. The van der Waals surface area contributed by atoms with Gasteiger partial charge >= 0.3 is 0 Å². The molecule has 1 aromatic rings. The molecule has 6 heteroatoms. The number of hydrogen-bond acceptors (Lipinski definition) is 4. The summed E-state index contributed by atoms with van der Waals surface area (Å²) in [6.45, 7) is 3.27. The molecule has 1 aromatic carbocycles. The Morgan fingerprint density at radius 1 is 1.38 bits per heavy atom. The summed E-state index contributed by atoms with van der Waals surface area (Å²) in [5.41, 5.74) is 0.968. The minimum Gasteiger partial charge on any atom is -0.322 e. The minimum atomic E-state index is -0.413. The van der Waals surface area contributed by atoms with E-state index in [2.05, 4.69) is 12.2 Å². The Morgan fingerprint density at radius 3 is 2.62 bits per heavy atom. The zero-order chi connectivity index (χ0) is 15.0. The van der Waals surface area contributed by atoms with Crippen molar-refractivity contribution >= 4 is 11.6 Å². The van der Waals surface area contributed by atoms with Gasteiger partial charge in [0.1, 0.15) is 6.17 Å². The number of nitro benzene ring substituents is 1. The van der Waals surface area contributed by atoms with Gasteiger partial charge in [0.25, 0.3) is 5.69 Å². The standard InChI is InChI=1S/C15H19N3O3/c1-10(11-2-3-11)9-17-14(19)8-16-15(17)12-4-6-13(7-5-12)18(20)21/h4-7,10-11,15-16H,2-3,8-9H2,1H3. The summed E-state index contributed by atoms with van der Waals surface area (Å²) >= 11 is 0. The van der Waals surface area contributed by atoms with Gasteiger partial charge in [0.05, 0.1) is 11.5 Å². The van der Waals surface area contributed by atoms with Gasteiger partial charge in [-0.25, -0.2) is 0 Å². The Labute approximate surface area is 123 Å². The first-order chi connectivity index (χ1) is 10.1. The molecule has 0 radical (unpaired) electrons. The lowest BCUT2D eigenvalue weighted by molar-refractivity contribution is -0.384. The lowest BCUT2D eigenvalue weighted by atomic mass is 10.0. The quantitative estimate of drug-likeness (QED) is 0.665. The van der Waals surface area contributed by atoms with Gasteiger partial charge in [0, 0.05) is 18.7 Å². The van der Waals surface area contributed by atoms with E-state index in [1.54, 1.807) is 12.1 Å². The molecule has 1 amide bonds. The lowest BCUT2D eigenvalue weighted by Crippen LogP contribution is -2.34. The van der Waals surface area contributed by atoms with Crippen LogP contribution in [-0.2, 0) is 4.79 Å². The average molecular weight is 289 g/mol. The highest BCUT2D eigenvalue weighted by Crippen LogP contribution is 2.38. The fourth-order valence-corrected chi connectivity index (χ4v) is 2.95. The molecule has 6 nitrogen and oxygen atoms in total. The Balaban J connectivity index is 1.75. The fourth-order valence-electron chi connectivity index (χ4n) is 2.95. The number of non-ortho nitro benzene ring substituents is 1. The molecule has 0 bridgehead atoms. The molecule has 1 heterocycles. The Morgan fingerprint density at radius 2 is 2.05 bits per heavy atom. The molecule has 1 saturated carbocycles. The van der Waals surface area contributed by atoms with Crippen molar-refractivity contribution < 1.29 is 9.72 Å². The number of nitro groups is 1. The number of carbonyl (C=O) groups is 1. The lowest BCUT2D eigenvalue weighted by Gasteiger charge is -2.27. The number of rotatable bonds is 5. The van der Waals surface area contributed by atoms with Crippen LogP contribution >= 0.6 is 0 Å². The van der Waals surface area contributed by atoms with Crippen molar-refractivity contribution in [3.63, 3.8) is 0 Å². The van der Waals surface area contributed by atoms with E-state index in [-0.39, 0.29) is 17.8 Å². The van der Waals surface area contributed by atoms with E-state index < -0.39 is 4.92 Å². The highest BCUT2D eigenvalue weighted by Gasteiger charge is 2.36. The highest BCUT2D eigenvalue weighted by molar-refractivity contribution is 5.81. The van der Waals surface area contributed by atoms with Crippen LogP contribution in [0.15, 0.2) is 24.3 Å². The predicted molar refractivity (Wildman–Crippen MR) is 77.4 cm³/mol. The largest absolute Gasteiger partial charge is 0.322 e. The molecule has 2 unspecified atom stereocenters. The number of hydrogen-bond donors (Lipinski definition) is 1. The van der Waals surface area contributed by atoms with E-state index in [1.807, 2.05) is 4.90 Å². The van der Waals surface area contributed by atoms with E-state index in [0.29, 0.717) is 12.5 Å². The summed E-state index contributed by atoms with van der Waals surface area (Å²) in [4.78, 5) is 24.2. The van der Waals surface area contributed by atoms with E-state index in [1.165, 1.54) is 25.0 Å². The molecular weight excluding hydrogens is 270 g/mol. The van der Waals surface area contributed by atoms with Crippen molar-refractivity contribution in [1.29, 1.82) is 0 Å². The molecule has 3 rings (SSSR count). The zero-order valence-corrected chi connectivity index (χ0v) is 12.0. The maximum absolute atomic E-state index is 12.1. The summed E-state index contributed by atoms with van der Waals surface area (Å²) in [6, 6.07) is 6.43. The summed E-state index contributed by atoms with van der Waals surface area (Å²) in [5.74, 6) is 1.36. The van der Waals surface area contributed by atoms with E-state index in [9.17, 15) is 14.9 Å². The Kier molecular flexibility index (Phi) is 3.63. The summed E-state index contributed by atoms with van der Waals surface area (Å²) in [5, 5.41) is 13.9. The van der Waals surface area contributed by atoms with Gasteiger partial charge in [-0.3, -0.25) is 20.2 Å². The van der Waals surface area contributed by atoms with Gasteiger partial charge in [0.2, 0.25) is 5.91 Å². The van der Waals surface area contributed by atoms with Crippen LogP contribution in [0.4, 0.5) is 5.69 Å². The Bertz CT molecular complexity index is 554. The van der Waals surface area contributed by atoms with E-state index in [4.69, 9.17) is 0 Å². The molecule has 2 fully saturated rings. The maximum atomic E-state index is 12.1. The minimum absolute atomic E-state index is 0.0703. The van der Waals surface area contributed by atoms with Crippen molar-refractivity contribution in [1.82, 2.24) is 10.2 Å².